The quantitative estimate of drug-likeness (QED) is 0.904. The van der Waals surface area contributed by atoms with Gasteiger partial charge in [-0.15, -0.1) is 0 Å². The number of hydrogen-bond acceptors (Lipinski definition) is 2. The number of nitrogens with zero attached hydrogens (tertiary/aromatic N) is 1. The molecule has 2 rings (SSSR count). The van der Waals surface area contributed by atoms with Crippen LogP contribution in [0.3, 0.4) is 0 Å². The first-order chi connectivity index (χ1) is 9.86. The van der Waals surface area contributed by atoms with Crippen LogP contribution in [0.15, 0.2) is 48.5 Å². The number of rotatable bonds is 5. The van der Waals surface area contributed by atoms with E-state index in [1.807, 2.05) is 30.3 Å². The zero-order chi connectivity index (χ0) is 15.5. The summed E-state index contributed by atoms with van der Waals surface area (Å²) in [5, 5.41) is 6.08. The summed E-state index contributed by atoms with van der Waals surface area (Å²) in [7, 11) is -3.83. The van der Waals surface area contributed by atoms with E-state index in [-0.39, 0.29) is 13.1 Å². The summed E-state index contributed by atoms with van der Waals surface area (Å²) >= 11 is 11.8. The van der Waals surface area contributed by atoms with Gasteiger partial charge in [0, 0.05) is 13.1 Å². The summed E-state index contributed by atoms with van der Waals surface area (Å²) in [6.45, 7) is 0.324. The molecule has 0 aliphatic heterocycles. The molecule has 7 heteroatoms. The molecule has 0 atom stereocenters. The van der Waals surface area contributed by atoms with E-state index >= 15 is 0 Å². The van der Waals surface area contributed by atoms with Gasteiger partial charge in [-0.3, -0.25) is 0 Å². The second-order valence-electron chi connectivity index (χ2n) is 4.55. The molecule has 0 spiro atoms. The second kappa shape index (κ2) is 6.77. The maximum atomic E-state index is 11.7. The predicted octanol–water partition coefficient (Wildman–Crippen LogP) is 3.20. The van der Waals surface area contributed by atoms with Gasteiger partial charge in [0.05, 0.1) is 10.0 Å². The number of nitrogens with two attached hydrogens (primary N) is 1. The Hall–Kier alpha value is -1.11. The minimum absolute atomic E-state index is 0.130. The third-order valence-corrected chi connectivity index (χ3v) is 4.62. The largest absolute Gasteiger partial charge is 0.277 e. The maximum absolute atomic E-state index is 11.7. The summed E-state index contributed by atoms with van der Waals surface area (Å²) in [4.78, 5) is 0. The van der Waals surface area contributed by atoms with Gasteiger partial charge in [-0.25, -0.2) is 5.14 Å². The summed E-state index contributed by atoms with van der Waals surface area (Å²) in [5.41, 5.74) is 1.57. The van der Waals surface area contributed by atoms with Crippen LogP contribution in [0, 0.1) is 0 Å². The molecular formula is C14H14Cl2N2O2S. The van der Waals surface area contributed by atoms with Crippen molar-refractivity contribution in [3.05, 3.63) is 69.7 Å². The minimum atomic E-state index is -3.83. The van der Waals surface area contributed by atoms with Crippen molar-refractivity contribution < 1.29 is 8.42 Å². The van der Waals surface area contributed by atoms with Crippen molar-refractivity contribution >= 4 is 33.4 Å². The third-order valence-electron chi connectivity index (χ3n) is 2.90. The number of halogens is 2. The monoisotopic (exact) mass is 344 g/mol. The van der Waals surface area contributed by atoms with Crippen LogP contribution in [0.4, 0.5) is 0 Å². The molecule has 0 amide bonds. The first-order valence-corrected chi connectivity index (χ1v) is 8.38. The van der Waals surface area contributed by atoms with Crippen LogP contribution in [0.25, 0.3) is 0 Å². The predicted molar refractivity (Wildman–Crippen MR) is 85.3 cm³/mol. The zero-order valence-electron chi connectivity index (χ0n) is 11.0. The Balaban J connectivity index is 2.23. The van der Waals surface area contributed by atoms with Crippen LogP contribution in [0.5, 0.6) is 0 Å². The Morgan fingerprint density at radius 3 is 2.10 bits per heavy atom. The smallest absolute Gasteiger partial charge is 0.216 e. The van der Waals surface area contributed by atoms with Crippen molar-refractivity contribution in [1.82, 2.24) is 4.31 Å². The van der Waals surface area contributed by atoms with E-state index in [1.54, 1.807) is 18.2 Å². The summed E-state index contributed by atoms with van der Waals surface area (Å²) in [6.07, 6.45) is 0. The molecule has 0 unspecified atom stereocenters. The minimum Gasteiger partial charge on any atom is -0.216 e. The van der Waals surface area contributed by atoms with Crippen LogP contribution in [0.2, 0.25) is 10.0 Å². The molecule has 0 aromatic heterocycles. The fourth-order valence-corrected chi connectivity index (χ4v) is 2.84. The molecule has 4 nitrogen and oxygen atoms in total. The molecule has 0 saturated carbocycles. The van der Waals surface area contributed by atoms with Crippen LogP contribution < -0.4 is 5.14 Å². The van der Waals surface area contributed by atoms with E-state index in [2.05, 4.69) is 0 Å². The average Bonchev–Trinajstić information content (AvgIpc) is 2.42. The molecule has 2 aromatic rings. The lowest BCUT2D eigenvalue weighted by molar-refractivity contribution is 0.402. The highest BCUT2D eigenvalue weighted by Crippen LogP contribution is 2.24. The van der Waals surface area contributed by atoms with E-state index in [9.17, 15) is 8.42 Å². The molecule has 0 fully saturated rings. The topological polar surface area (TPSA) is 63.4 Å². The summed E-state index contributed by atoms with van der Waals surface area (Å²) in [5.74, 6) is 0. The van der Waals surface area contributed by atoms with E-state index < -0.39 is 10.2 Å². The van der Waals surface area contributed by atoms with Gasteiger partial charge in [-0.2, -0.15) is 12.7 Å². The van der Waals surface area contributed by atoms with Gasteiger partial charge in [0.1, 0.15) is 0 Å². The maximum Gasteiger partial charge on any atom is 0.277 e. The van der Waals surface area contributed by atoms with E-state index in [0.717, 1.165) is 5.56 Å². The molecule has 0 bridgehead atoms. The van der Waals surface area contributed by atoms with Crippen molar-refractivity contribution in [2.24, 2.45) is 5.14 Å². The Labute approximate surface area is 134 Å². The summed E-state index contributed by atoms with van der Waals surface area (Å²) < 4.78 is 24.7. The van der Waals surface area contributed by atoms with Crippen molar-refractivity contribution in [3.63, 3.8) is 0 Å². The Morgan fingerprint density at radius 2 is 1.52 bits per heavy atom. The van der Waals surface area contributed by atoms with Crippen molar-refractivity contribution in [2.75, 3.05) is 0 Å². The molecule has 0 radical (unpaired) electrons. The molecule has 21 heavy (non-hydrogen) atoms. The molecule has 0 aliphatic carbocycles. The Morgan fingerprint density at radius 1 is 0.905 bits per heavy atom. The lowest BCUT2D eigenvalue weighted by Crippen LogP contribution is -2.35. The molecule has 0 heterocycles. The number of hydrogen-bond donors (Lipinski definition) is 1. The first kappa shape index (κ1) is 16.3. The van der Waals surface area contributed by atoms with E-state index in [1.165, 1.54) is 4.31 Å². The highest BCUT2D eigenvalue weighted by Gasteiger charge is 2.18. The standard InChI is InChI=1S/C14H14Cl2N2O2S/c15-13-7-6-12(8-14(13)16)10-18(21(17,19)20)9-11-4-2-1-3-5-11/h1-8H,9-10H2,(H2,17,19,20). The normalized spacial score (nSPS) is 11.8. The van der Waals surface area contributed by atoms with Crippen molar-refractivity contribution in [2.45, 2.75) is 13.1 Å². The van der Waals surface area contributed by atoms with Gasteiger partial charge in [0.25, 0.3) is 10.2 Å². The van der Waals surface area contributed by atoms with Crippen molar-refractivity contribution in [1.29, 1.82) is 0 Å². The summed E-state index contributed by atoms with van der Waals surface area (Å²) in [6, 6.07) is 14.2. The van der Waals surface area contributed by atoms with Gasteiger partial charge < -0.3 is 0 Å². The molecular weight excluding hydrogens is 331 g/mol. The van der Waals surface area contributed by atoms with Gasteiger partial charge in [0.2, 0.25) is 0 Å². The van der Waals surface area contributed by atoms with Gasteiger partial charge in [-0.1, -0.05) is 59.6 Å². The lowest BCUT2D eigenvalue weighted by Gasteiger charge is -2.20. The van der Waals surface area contributed by atoms with Crippen LogP contribution in [0.1, 0.15) is 11.1 Å². The average molecular weight is 345 g/mol. The molecule has 112 valence electrons. The SMILES string of the molecule is NS(=O)(=O)N(Cc1ccccc1)Cc1ccc(Cl)c(Cl)c1. The van der Waals surface area contributed by atoms with Gasteiger partial charge in [0.15, 0.2) is 0 Å². The number of benzene rings is 2. The van der Waals surface area contributed by atoms with Gasteiger partial charge in [-0.05, 0) is 23.3 Å². The lowest BCUT2D eigenvalue weighted by atomic mass is 10.2. The molecule has 0 saturated heterocycles. The third kappa shape index (κ3) is 4.69. The van der Waals surface area contributed by atoms with Crippen LogP contribution in [-0.4, -0.2) is 12.7 Å². The highest BCUT2D eigenvalue weighted by molar-refractivity contribution is 7.86. The van der Waals surface area contributed by atoms with E-state index in [0.29, 0.717) is 15.6 Å². The Bertz CT molecular complexity index is 721. The highest BCUT2D eigenvalue weighted by atomic mass is 35.5. The Kier molecular flexibility index (Phi) is 5.24. The molecule has 0 aliphatic rings. The first-order valence-electron chi connectivity index (χ1n) is 6.12. The van der Waals surface area contributed by atoms with Crippen molar-refractivity contribution in [3.8, 4) is 0 Å². The molecule has 2 aromatic carbocycles. The van der Waals surface area contributed by atoms with Gasteiger partial charge >= 0.3 is 0 Å². The van der Waals surface area contributed by atoms with Crippen LogP contribution >= 0.6 is 23.2 Å². The second-order valence-corrected chi connectivity index (χ2v) is 6.91. The zero-order valence-corrected chi connectivity index (χ0v) is 13.4. The van der Waals surface area contributed by atoms with E-state index in [4.69, 9.17) is 28.3 Å². The fourth-order valence-electron chi connectivity index (χ4n) is 1.86. The van der Waals surface area contributed by atoms with Crippen LogP contribution in [-0.2, 0) is 23.3 Å². The fraction of sp³-hybridized carbons (Fsp3) is 0.143. The molecule has 2 N–H and O–H groups in total.